The van der Waals surface area contributed by atoms with Crippen LogP contribution in [0.1, 0.15) is 112 Å². The largest absolute Gasteiger partial charge is 0.339 e. The zero-order valence-electron chi connectivity index (χ0n) is 29.7. The first-order valence-corrected chi connectivity index (χ1v) is 17.2. The van der Waals surface area contributed by atoms with Crippen LogP contribution in [-0.4, -0.2) is 13.1 Å². The Labute approximate surface area is 278 Å². The Balaban J connectivity index is 1.85. The normalized spacial score (nSPS) is 13.5. The molecule has 1 heterocycles. The van der Waals surface area contributed by atoms with Gasteiger partial charge in [0.1, 0.15) is 0 Å². The van der Waals surface area contributed by atoms with Gasteiger partial charge < -0.3 is 20.4 Å². The Hall–Kier alpha value is -4.18. The Kier molecular flexibility index (Phi) is 10.2. The van der Waals surface area contributed by atoms with Crippen molar-refractivity contribution in [1.29, 1.82) is 0 Å². The van der Waals surface area contributed by atoms with Crippen LogP contribution in [0.2, 0.25) is 0 Å². The lowest BCUT2D eigenvalue weighted by molar-refractivity contribution is 0.815. The van der Waals surface area contributed by atoms with Gasteiger partial charge in [-0.3, -0.25) is 0 Å². The van der Waals surface area contributed by atoms with Gasteiger partial charge in [-0.2, -0.15) is 0 Å². The van der Waals surface area contributed by atoms with E-state index in [1.54, 1.807) is 0 Å². The highest BCUT2D eigenvalue weighted by atomic mass is 15.4. The van der Waals surface area contributed by atoms with Crippen molar-refractivity contribution in [1.82, 2.24) is 0 Å². The van der Waals surface area contributed by atoms with E-state index in [4.69, 9.17) is 0 Å². The first-order chi connectivity index (χ1) is 22.0. The SMILES string of the molecule is Cc1ccc(NC(Nc2ccc(C)cc2)=C2N(c3c(C(C)C)cccc3C(C)C)CCN2c2c(C(C)C)cccc2C(C)C)cc1. The first-order valence-electron chi connectivity index (χ1n) is 17.2. The van der Waals surface area contributed by atoms with Gasteiger partial charge in [-0.15, -0.1) is 0 Å². The van der Waals surface area contributed by atoms with E-state index in [2.05, 4.69) is 175 Å². The molecule has 2 N–H and O–H groups in total. The van der Waals surface area contributed by atoms with Crippen LogP contribution < -0.4 is 20.4 Å². The van der Waals surface area contributed by atoms with Gasteiger partial charge in [0.2, 0.25) is 0 Å². The second-order valence-electron chi connectivity index (χ2n) is 14.2. The molecule has 0 unspecified atom stereocenters. The Bertz CT molecular complexity index is 1480. The lowest BCUT2D eigenvalue weighted by Gasteiger charge is -2.35. The topological polar surface area (TPSA) is 30.5 Å². The number of para-hydroxylation sites is 2. The van der Waals surface area contributed by atoms with E-state index in [-0.39, 0.29) is 0 Å². The fourth-order valence-corrected chi connectivity index (χ4v) is 6.62. The third-order valence-corrected chi connectivity index (χ3v) is 9.15. The molecule has 0 radical (unpaired) electrons. The van der Waals surface area contributed by atoms with Gasteiger partial charge in [0.15, 0.2) is 11.6 Å². The number of nitrogens with zero attached hydrogens (tertiary/aromatic N) is 2. The molecule has 4 aromatic carbocycles. The van der Waals surface area contributed by atoms with Crippen LogP contribution in [0.3, 0.4) is 0 Å². The molecule has 0 saturated carbocycles. The molecular formula is C42H54N4. The average molecular weight is 615 g/mol. The van der Waals surface area contributed by atoms with E-state index in [1.165, 1.54) is 44.8 Å². The smallest absolute Gasteiger partial charge is 0.155 e. The summed E-state index contributed by atoms with van der Waals surface area (Å²) in [7, 11) is 0. The van der Waals surface area contributed by atoms with Crippen molar-refractivity contribution in [2.24, 2.45) is 0 Å². The van der Waals surface area contributed by atoms with Crippen molar-refractivity contribution >= 4 is 22.7 Å². The van der Waals surface area contributed by atoms with Gasteiger partial charge in [0.25, 0.3) is 0 Å². The summed E-state index contributed by atoms with van der Waals surface area (Å²) in [4.78, 5) is 5.20. The Morgan fingerprint density at radius 2 is 0.783 bits per heavy atom. The Morgan fingerprint density at radius 3 is 1.07 bits per heavy atom. The fourth-order valence-electron chi connectivity index (χ4n) is 6.62. The highest BCUT2D eigenvalue weighted by molar-refractivity contribution is 5.76. The van der Waals surface area contributed by atoms with Crippen LogP contribution in [0, 0.1) is 13.8 Å². The van der Waals surface area contributed by atoms with Gasteiger partial charge >= 0.3 is 0 Å². The van der Waals surface area contributed by atoms with Gasteiger partial charge in [0, 0.05) is 35.8 Å². The molecule has 1 saturated heterocycles. The van der Waals surface area contributed by atoms with E-state index in [1.807, 2.05) is 0 Å². The van der Waals surface area contributed by atoms with Crippen LogP contribution in [0.15, 0.2) is 96.6 Å². The molecule has 4 aromatic rings. The minimum absolute atomic E-state index is 0.386. The summed E-state index contributed by atoms with van der Waals surface area (Å²) < 4.78 is 0. The third-order valence-electron chi connectivity index (χ3n) is 9.15. The molecule has 0 aromatic heterocycles. The molecule has 0 aliphatic carbocycles. The Morgan fingerprint density at radius 1 is 0.478 bits per heavy atom. The summed E-state index contributed by atoms with van der Waals surface area (Å²) in [5, 5.41) is 7.78. The molecule has 4 heteroatoms. The predicted molar refractivity (Wildman–Crippen MR) is 201 cm³/mol. The van der Waals surface area contributed by atoms with Gasteiger partial charge in [-0.05, 0) is 84.0 Å². The lowest BCUT2D eigenvalue weighted by Crippen LogP contribution is -2.32. The summed E-state index contributed by atoms with van der Waals surface area (Å²) in [5.41, 5.74) is 12.8. The van der Waals surface area contributed by atoms with Crippen LogP contribution in [0.25, 0.3) is 0 Å². The molecular weight excluding hydrogens is 560 g/mol. The highest BCUT2D eigenvalue weighted by Crippen LogP contribution is 2.45. The lowest BCUT2D eigenvalue weighted by atomic mass is 9.91. The molecule has 0 bridgehead atoms. The second-order valence-corrected chi connectivity index (χ2v) is 14.2. The van der Waals surface area contributed by atoms with Gasteiger partial charge in [-0.25, -0.2) is 0 Å². The van der Waals surface area contributed by atoms with Gasteiger partial charge in [0.05, 0.1) is 0 Å². The van der Waals surface area contributed by atoms with Crippen molar-refractivity contribution in [3.8, 4) is 0 Å². The summed E-state index contributed by atoms with van der Waals surface area (Å²) in [6.07, 6.45) is 0. The summed E-state index contributed by atoms with van der Waals surface area (Å²) in [5.74, 6) is 3.68. The van der Waals surface area contributed by atoms with E-state index in [9.17, 15) is 0 Å². The molecule has 46 heavy (non-hydrogen) atoms. The molecule has 242 valence electrons. The monoisotopic (exact) mass is 614 g/mol. The van der Waals surface area contributed by atoms with Crippen molar-refractivity contribution in [3.63, 3.8) is 0 Å². The highest BCUT2D eigenvalue weighted by Gasteiger charge is 2.36. The fraction of sp³-hybridized carbons (Fsp3) is 0.381. The summed E-state index contributed by atoms with van der Waals surface area (Å²) >= 11 is 0. The zero-order chi connectivity index (χ0) is 33.1. The number of nitrogens with one attached hydrogen (secondary N) is 2. The summed E-state index contributed by atoms with van der Waals surface area (Å²) in [6, 6.07) is 31.2. The van der Waals surface area contributed by atoms with Crippen LogP contribution in [0.5, 0.6) is 0 Å². The molecule has 1 aliphatic rings. The van der Waals surface area contributed by atoms with E-state index >= 15 is 0 Å². The van der Waals surface area contributed by atoms with Crippen molar-refractivity contribution in [2.75, 3.05) is 33.5 Å². The van der Waals surface area contributed by atoms with E-state index < -0.39 is 0 Å². The second kappa shape index (κ2) is 14.1. The van der Waals surface area contributed by atoms with Gasteiger partial charge in [-0.1, -0.05) is 127 Å². The van der Waals surface area contributed by atoms with Crippen molar-refractivity contribution in [3.05, 3.63) is 130 Å². The number of aryl methyl sites for hydroxylation is 2. The van der Waals surface area contributed by atoms with E-state index in [0.717, 1.165) is 36.1 Å². The number of anilines is 4. The molecule has 0 atom stereocenters. The molecule has 1 fully saturated rings. The van der Waals surface area contributed by atoms with E-state index in [0.29, 0.717) is 23.7 Å². The average Bonchev–Trinajstić information content (AvgIpc) is 3.46. The number of rotatable bonds is 10. The minimum atomic E-state index is 0.386. The predicted octanol–water partition coefficient (Wildman–Crippen LogP) is 11.5. The molecule has 0 amide bonds. The van der Waals surface area contributed by atoms with Crippen molar-refractivity contribution < 1.29 is 0 Å². The maximum absolute atomic E-state index is 3.89. The minimum Gasteiger partial charge on any atom is -0.339 e. The first kappa shape index (κ1) is 33.2. The summed E-state index contributed by atoms with van der Waals surface area (Å²) in [6.45, 7) is 24.6. The van der Waals surface area contributed by atoms with Crippen LogP contribution in [0.4, 0.5) is 22.7 Å². The number of hydrogen-bond acceptors (Lipinski definition) is 4. The van der Waals surface area contributed by atoms with Crippen molar-refractivity contribution in [2.45, 2.75) is 92.9 Å². The number of hydrogen-bond donors (Lipinski definition) is 2. The number of benzene rings is 4. The van der Waals surface area contributed by atoms with Crippen LogP contribution >= 0.6 is 0 Å². The maximum atomic E-state index is 3.89. The third kappa shape index (κ3) is 6.97. The molecule has 4 nitrogen and oxygen atoms in total. The maximum Gasteiger partial charge on any atom is 0.155 e. The molecule has 1 aliphatic heterocycles. The molecule has 5 rings (SSSR count). The quantitative estimate of drug-likeness (QED) is 0.186. The molecule has 0 spiro atoms. The zero-order valence-corrected chi connectivity index (χ0v) is 29.7. The van der Waals surface area contributed by atoms with Crippen LogP contribution in [-0.2, 0) is 0 Å². The standard InChI is InChI=1S/C42H54N4/c1-27(2)35-13-11-14-36(28(3)4)39(35)45-25-26-46(40-37(29(5)6)15-12-16-38(40)30(7)8)42(45)41(43-33-21-17-31(9)18-22-33)44-34-23-19-32(10)20-24-34/h11-24,27-30,43-44H,25-26H2,1-10H3.